The second-order valence-corrected chi connectivity index (χ2v) is 7.02. The van der Waals surface area contributed by atoms with E-state index in [1.165, 1.54) is 6.42 Å². The van der Waals surface area contributed by atoms with Gasteiger partial charge < -0.3 is 10.3 Å². The van der Waals surface area contributed by atoms with Gasteiger partial charge >= 0.3 is 5.69 Å². The van der Waals surface area contributed by atoms with Gasteiger partial charge in [0.1, 0.15) is 0 Å². The molecule has 2 aromatic rings. The Kier molecular flexibility index (Phi) is 5.58. The summed E-state index contributed by atoms with van der Waals surface area (Å²) in [6, 6.07) is 5.05. The maximum absolute atomic E-state index is 12.5. The number of benzene rings is 1. The molecule has 1 amide bonds. The monoisotopic (exact) mass is 363 g/mol. The number of aromatic amines is 1. The van der Waals surface area contributed by atoms with E-state index < -0.39 is 5.69 Å². The van der Waals surface area contributed by atoms with Crippen LogP contribution in [0.5, 0.6) is 0 Å². The van der Waals surface area contributed by atoms with Crippen LogP contribution in [0, 0.1) is 0 Å². The fourth-order valence-corrected chi connectivity index (χ4v) is 3.55. The van der Waals surface area contributed by atoms with Crippen LogP contribution in [0.15, 0.2) is 27.8 Å². The summed E-state index contributed by atoms with van der Waals surface area (Å²) in [6.07, 6.45) is 6.40. The van der Waals surface area contributed by atoms with Crippen LogP contribution < -0.4 is 16.6 Å². The molecule has 2 N–H and O–H groups in total. The first-order valence-electron chi connectivity index (χ1n) is 8.76. The maximum Gasteiger partial charge on any atom is 0.328 e. The highest BCUT2D eigenvalue weighted by Gasteiger charge is 2.15. The first-order valence-corrected chi connectivity index (χ1v) is 9.14. The zero-order valence-electron chi connectivity index (χ0n) is 14.0. The highest BCUT2D eigenvalue weighted by molar-refractivity contribution is 6.31. The van der Waals surface area contributed by atoms with Crippen LogP contribution in [0.2, 0.25) is 5.02 Å². The van der Waals surface area contributed by atoms with Crippen molar-refractivity contribution in [3.63, 3.8) is 0 Å². The van der Waals surface area contributed by atoms with Gasteiger partial charge in [-0.2, -0.15) is 0 Å². The number of aromatic nitrogens is 2. The van der Waals surface area contributed by atoms with E-state index in [4.69, 9.17) is 11.6 Å². The number of hydrogen-bond donors (Lipinski definition) is 2. The van der Waals surface area contributed by atoms with Gasteiger partial charge in [-0.15, -0.1) is 0 Å². The summed E-state index contributed by atoms with van der Waals surface area (Å²) in [6.45, 7) is 0.213. The summed E-state index contributed by atoms with van der Waals surface area (Å²) in [7, 11) is 0. The fourth-order valence-electron chi connectivity index (χ4n) is 3.37. The Hall–Kier alpha value is -2.08. The standard InChI is InChI=1S/C18H22ClN3O3/c19-12-8-9-14-15(11-12)21-18(25)22(17(14)24)10-4-7-16(23)20-13-5-2-1-3-6-13/h8-9,11,13H,1-7,10H2,(H,20,23)(H,21,25). The molecule has 0 aliphatic heterocycles. The van der Waals surface area contributed by atoms with Crippen molar-refractivity contribution in [1.29, 1.82) is 0 Å². The van der Waals surface area contributed by atoms with E-state index in [0.717, 1.165) is 30.3 Å². The second kappa shape index (κ2) is 7.87. The van der Waals surface area contributed by atoms with Gasteiger partial charge in [0.25, 0.3) is 5.56 Å². The Morgan fingerprint density at radius 1 is 1.24 bits per heavy atom. The molecule has 0 spiro atoms. The molecule has 1 fully saturated rings. The molecule has 25 heavy (non-hydrogen) atoms. The third-order valence-electron chi connectivity index (χ3n) is 4.70. The molecule has 134 valence electrons. The molecule has 0 saturated heterocycles. The smallest absolute Gasteiger partial charge is 0.328 e. The number of nitrogens with zero attached hydrogens (tertiary/aromatic N) is 1. The number of hydrogen-bond acceptors (Lipinski definition) is 3. The molecule has 1 aliphatic rings. The normalized spacial score (nSPS) is 15.4. The average molecular weight is 364 g/mol. The zero-order valence-corrected chi connectivity index (χ0v) is 14.8. The Labute approximate surface area is 150 Å². The molecule has 3 rings (SSSR count). The SMILES string of the molecule is O=C(CCCn1c(=O)[nH]c2cc(Cl)ccc2c1=O)NC1CCCCC1. The van der Waals surface area contributed by atoms with Crippen LogP contribution in [0.4, 0.5) is 0 Å². The van der Waals surface area contributed by atoms with E-state index in [1.54, 1.807) is 18.2 Å². The molecule has 7 heteroatoms. The lowest BCUT2D eigenvalue weighted by Crippen LogP contribution is -2.37. The van der Waals surface area contributed by atoms with Gasteiger partial charge in [0.2, 0.25) is 5.91 Å². The Balaban J connectivity index is 1.63. The molecule has 0 radical (unpaired) electrons. The van der Waals surface area contributed by atoms with Crippen molar-refractivity contribution in [3.8, 4) is 0 Å². The van der Waals surface area contributed by atoms with Crippen molar-refractivity contribution in [2.75, 3.05) is 0 Å². The highest BCUT2D eigenvalue weighted by atomic mass is 35.5. The van der Waals surface area contributed by atoms with E-state index in [0.29, 0.717) is 28.8 Å². The third kappa shape index (κ3) is 4.31. The van der Waals surface area contributed by atoms with Crippen LogP contribution in [0.3, 0.4) is 0 Å². The average Bonchev–Trinajstić information content (AvgIpc) is 2.58. The third-order valence-corrected chi connectivity index (χ3v) is 4.93. The number of halogens is 1. The molecule has 1 saturated carbocycles. The van der Waals surface area contributed by atoms with Gasteiger partial charge in [-0.25, -0.2) is 4.79 Å². The van der Waals surface area contributed by atoms with Crippen molar-refractivity contribution < 1.29 is 4.79 Å². The molecule has 6 nitrogen and oxygen atoms in total. The van der Waals surface area contributed by atoms with Crippen LogP contribution in [0.25, 0.3) is 10.9 Å². The number of H-pyrrole nitrogens is 1. The number of nitrogens with one attached hydrogen (secondary N) is 2. The first kappa shape index (κ1) is 17.7. The lowest BCUT2D eigenvalue weighted by atomic mass is 9.95. The quantitative estimate of drug-likeness (QED) is 0.856. The van der Waals surface area contributed by atoms with E-state index in [9.17, 15) is 14.4 Å². The predicted octanol–water partition coefficient (Wildman–Crippen LogP) is 2.57. The first-order chi connectivity index (χ1) is 12.0. The largest absolute Gasteiger partial charge is 0.353 e. The van der Waals surface area contributed by atoms with Crippen LogP contribution in [-0.2, 0) is 11.3 Å². The van der Waals surface area contributed by atoms with Crippen LogP contribution in [-0.4, -0.2) is 21.5 Å². The zero-order chi connectivity index (χ0) is 17.8. The second-order valence-electron chi connectivity index (χ2n) is 6.58. The van der Waals surface area contributed by atoms with Crippen LogP contribution in [0.1, 0.15) is 44.9 Å². The molecular weight excluding hydrogens is 342 g/mol. The highest BCUT2D eigenvalue weighted by Crippen LogP contribution is 2.17. The number of amides is 1. The minimum absolute atomic E-state index is 0.0102. The lowest BCUT2D eigenvalue weighted by molar-refractivity contribution is -0.122. The van der Waals surface area contributed by atoms with Crippen molar-refractivity contribution in [2.45, 2.75) is 57.5 Å². The summed E-state index contributed by atoms with van der Waals surface area (Å²) >= 11 is 5.89. The van der Waals surface area contributed by atoms with Gasteiger partial charge in [-0.3, -0.25) is 14.2 Å². The topological polar surface area (TPSA) is 84.0 Å². The molecule has 1 heterocycles. The molecular formula is C18H22ClN3O3. The molecule has 0 bridgehead atoms. The van der Waals surface area contributed by atoms with Crippen LogP contribution >= 0.6 is 11.6 Å². The molecule has 1 aromatic heterocycles. The van der Waals surface area contributed by atoms with Gasteiger partial charge in [0, 0.05) is 24.0 Å². The maximum atomic E-state index is 12.5. The van der Waals surface area contributed by atoms with Gasteiger partial charge in [0.05, 0.1) is 10.9 Å². The van der Waals surface area contributed by atoms with Crippen molar-refractivity contribution in [1.82, 2.24) is 14.9 Å². The van der Waals surface area contributed by atoms with Crippen molar-refractivity contribution >= 4 is 28.4 Å². The number of rotatable bonds is 5. The summed E-state index contributed by atoms with van der Waals surface area (Å²) in [5.41, 5.74) is -0.413. The van der Waals surface area contributed by atoms with Crippen molar-refractivity contribution in [2.24, 2.45) is 0 Å². The van der Waals surface area contributed by atoms with Gasteiger partial charge in [-0.1, -0.05) is 30.9 Å². The van der Waals surface area contributed by atoms with E-state index in [1.807, 2.05) is 0 Å². The number of fused-ring (bicyclic) bond motifs is 1. The van der Waals surface area contributed by atoms with E-state index >= 15 is 0 Å². The summed E-state index contributed by atoms with van der Waals surface area (Å²) in [4.78, 5) is 39.3. The van der Waals surface area contributed by atoms with Crippen molar-refractivity contribution in [3.05, 3.63) is 44.1 Å². The minimum atomic E-state index is -0.479. The number of carbonyl (C=O) groups excluding carboxylic acids is 1. The van der Waals surface area contributed by atoms with E-state index in [-0.39, 0.29) is 24.1 Å². The number of carbonyl (C=O) groups is 1. The molecule has 1 aromatic carbocycles. The predicted molar refractivity (Wildman–Crippen MR) is 98.1 cm³/mol. The summed E-state index contributed by atoms with van der Waals surface area (Å²) < 4.78 is 1.14. The van der Waals surface area contributed by atoms with E-state index in [2.05, 4.69) is 10.3 Å². The Morgan fingerprint density at radius 2 is 2.00 bits per heavy atom. The summed E-state index contributed by atoms with van der Waals surface area (Å²) in [5.74, 6) is -0.0102. The molecule has 0 atom stereocenters. The summed E-state index contributed by atoms with van der Waals surface area (Å²) in [5, 5.41) is 3.91. The molecule has 1 aliphatic carbocycles. The van der Waals surface area contributed by atoms with Gasteiger partial charge in [-0.05, 0) is 37.5 Å². The fraction of sp³-hybridized carbons (Fsp3) is 0.500. The molecule has 0 unspecified atom stereocenters. The Morgan fingerprint density at radius 3 is 2.76 bits per heavy atom. The lowest BCUT2D eigenvalue weighted by Gasteiger charge is -2.22. The Bertz CT molecular complexity index is 881. The van der Waals surface area contributed by atoms with Gasteiger partial charge in [0.15, 0.2) is 0 Å². The minimum Gasteiger partial charge on any atom is -0.353 e.